The number of hydrogen-bond donors (Lipinski definition) is 1. The molecule has 1 saturated carbocycles. The Morgan fingerprint density at radius 1 is 1.32 bits per heavy atom. The molecular formula is C17H26N2O3. The quantitative estimate of drug-likeness (QED) is 0.591. The van der Waals surface area contributed by atoms with E-state index in [0.717, 1.165) is 38.1 Å². The number of carbonyl (C=O) groups excluding carboxylic acids is 1. The molecule has 5 nitrogen and oxygen atoms in total. The molecule has 0 atom stereocenters. The van der Waals surface area contributed by atoms with E-state index in [1.165, 1.54) is 0 Å². The van der Waals surface area contributed by atoms with Crippen LogP contribution in [0.3, 0.4) is 0 Å². The fourth-order valence-corrected chi connectivity index (χ4v) is 2.77. The molecule has 0 aliphatic heterocycles. The molecule has 0 unspecified atom stereocenters. The van der Waals surface area contributed by atoms with Gasteiger partial charge in [-0.2, -0.15) is 0 Å². The molecule has 1 N–H and O–H groups in total. The van der Waals surface area contributed by atoms with Crippen LogP contribution in [-0.2, 0) is 9.53 Å². The minimum atomic E-state index is -0.123. The molecule has 22 heavy (non-hydrogen) atoms. The number of carbonyl (C=O) groups is 1. The lowest BCUT2D eigenvalue weighted by molar-refractivity contribution is -0.142. The number of hydrogen-bond acceptors (Lipinski definition) is 5. The number of nitrogens with zero attached hydrogens (tertiary/aromatic N) is 1. The largest absolute Gasteiger partial charge is 0.474 e. The van der Waals surface area contributed by atoms with E-state index in [-0.39, 0.29) is 12.1 Å². The van der Waals surface area contributed by atoms with Crippen LogP contribution in [0.5, 0.6) is 5.88 Å². The predicted molar refractivity (Wildman–Crippen MR) is 84.7 cm³/mol. The second-order valence-electron chi connectivity index (χ2n) is 5.69. The van der Waals surface area contributed by atoms with Gasteiger partial charge in [-0.15, -0.1) is 0 Å². The third kappa shape index (κ3) is 6.02. The summed E-state index contributed by atoms with van der Waals surface area (Å²) < 4.78 is 10.8. The standard InChI is InChI=1S/C17H26N2O3/c1-2-21-17(20)10-12-18-13-14-6-8-15(9-7-14)22-16-5-3-4-11-19-16/h3-5,11,14-15,18H,2,6-10,12-13H2,1H3/t14-,15-. The number of rotatable bonds is 8. The minimum absolute atomic E-state index is 0.123. The summed E-state index contributed by atoms with van der Waals surface area (Å²) in [6, 6.07) is 5.75. The van der Waals surface area contributed by atoms with Crippen molar-refractivity contribution < 1.29 is 14.3 Å². The predicted octanol–water partition coefficient (Wildman–Crippen LogP) is 2.56. The third-order valence-electron chi connectivity index (χ3n) is 3.96. The van der Waals surface area contributed by atoms with Crippen LogP contribution in [0.4, 0.5) is 0 Å². The molecule has 0 saturated heterocycles. The number of nitrogens with one attached hydrogen (secondary N) is 1. The van der Waals surface area contributed by atoms with Crippen molar-refractivity contribution in [2.24, 2.45) is 5.92 Å². The Labute approximate surface area is 132 Å². The molecule has 0 radical (unpaired) electrons. The lowest BCUT2D eigenvalue weighted by atomic mass is 9.87. The minimum Gasteiger partial charge on any atom is -0.474 e. The SMILES string of the molecule is CCOC(=O)CCNC[C@H]1CC[C@H](Oc2ccccn2)CC1. The zero-order valence-corrected chi connectivity index (χ0v) is 13.3. The maximum absolute atomic E-state index is 11.2. The van der Waals surface area contributed by atoms with Crippen LogP contribution >= 0.6 is 0 Å². The van der Waals surface area contributed by atoms with Gasteiger partial charge in [0.05, 0.1) is 13.0 Å². The summed E-state index contributed by atoms with van der Waals surface area (Å²) in [4.78, 5) is 15.4. The summed E-state index contributed by atoms with van der Waals surface area (Å²) in [5, 5.41) is 3.35. The summed E-state index contributed by atoms with van der Waals surface area (Å²) in [7, 11) is 0. The summed E-state index contributed by atoms with van der Waals surface area (Å²) in [5.41, 5.74) is 0. The molecule has 1 aromatic heterocycles. The zero-order chi connectivity index (χ0) is 15.6. The monoisotopic (exact) mass is 306 g/mol. The van der Waals surface area contributed by atoms with E-state index in [4.69, 9.17) is 9.47 Å². The summed E-state index contributed by atoms with van der Waals surface area (Å²) in [6.45, 7) is 3.95. The Kier molecular flexibility index (Phi) is 7.16. The van der Waals surface area contributed by atoms with Gasteiger partial charge in [-0.1, -0.05) is 6.07 Å². The van der Waals surface area contributed by atoms with Gasteiger partial charge in [-0.3, -0.25) is 4.79 Å². The molecule has 1 heterocycles. The first kappa shape index (κ1) is 16.7. The van der Waals surface area contributed by atoms with Crippen LogP contribution in [-0.4, -0.2) is 36.8 Å². The van der Waals surface area contributed by atoms with Gasteiger partial charge in [0.25, 0.3) is 0 Å². The van der Waals surface area contributed by atoms with E-state index in [1.54, 1.807) is 6.20 Å². The smallest absolute Gasteiger partial charge is 0.307 e. The average Bonchev–Trinajstić information content (AvgIpc) is 2.54. The van der Waals surface area contributed by atoms with Gasteiger partial charge in [-0.05, 0) is 51.1 Å². The Balaban J connectivity index is 1.56. The molecule has 0 aromatic carbocycles. The van der Waals surface area contributed by atoms with Crippen molar-refractivity contribution in [2.45, 2.75) is 45.1 Å². The van der Waals surface area contributed by atoms with Gasteiger partial charge < -0.3 is 14.8 Å². The van der Waals surface area contributed by atoms with Crippen molar-refractivity contribution in [3.8, 4) is 5.88 Å². The molecule has 1 aromatic rings. The van der Waals surface area contributed by atoms with E-state index < -0.39 is 0 Å². The van der Waals surface area contributed by atoms with Gasteiger partial charge in [-0.25, -0.2) is 4.98 Å². The topological polar surface area (TPSA) is 60.5 Å². The molecule has 122 valence electrons. The van der Waals surface area contributed by atoms with E-state index in [0.29, 0.717) is 25.5 Å². The summed E-state index contributed by atoms with van der Waals surface area (Å²) >= 11 is 0. The zero-order valence-electron chi connectivity index (χ0n) is 13.3. The molecular weight excluding hydrogens is 280 g/mol. The average molecular weight is 306 g/mol. The number of pyridine rings is 1. The van der Waals surface area contributed by atoms with Crippen molar-refractivity contribution in [3.05, 3.63) is 24.4 Å². The first-order valence-corrected chi connectivity index (χ1v) is 8.22. The molecule has 5 heteroatoms. The van der Waals surface area contributed by atoms with E-state index in [9.17, 15) is 4.79 Å². The fraction of sp³-hybridized carbons (Fsp3) is 0.647. The highest BCUT2D eigenvalue weighted by atomic mass is 16.5. The second kappa shape index (κ2) is 9.41. The second-order valence-corrected chi connectivity index (χ2v) is 5.69. The Morgan fingerprint density at radius 2 is 2.14 bits per heavy atom. The van der Waals surface area contributed by atoms with Gasteiger partial charge >= 0.3 is 5.97 Å². The van der Waals surface area contributed by atoms with Crippen LogP contribution in [0.1, 0.15) is 39.0 Å². The Morgan fingerprint density at radius 3 is 2.82 bits per heavy atom. The molecule has 2 rings (SSSR count). The number of esters is 1. The van der Waals surface area contributed by atoms with Crippen LogP contribution < -0.4 is 10.1 Å². The molecule has 0 spiro atoms. The van der Waals surface area contributed by atoms with Crippen molar-refractivity contribution in [3.63, 3.8) is 0 Å². The van der Waals surface area contributed by atoms with Crippen molar-refractivity contribution >= 4 is 5.97 Å². The normalized spacial score (nSPS) is 21.3. The molecule has 0 amide bonds. The fourth-order valence-electron chi connectivity index (χ4n) is 2.77. The third-order valence-corrected chi connectivity index (χ3v) is 3.96. The summed E-state index contributed by atoms with van der Waals surface area (Å²) in [6.07, 6.45) is 6.95. The lowest BCUT2D eigenvalue weighted by Crippen LogP contribution is -2.31. The van der Waals surface area contributed by atoms with Gasteiger partial charge in [0.2, 0.25) is 5.88 Å². The highest BCUT2D eigenvalue weighted by molar-refractivity contribution is 5.69. The maximum Gasteiger partial charge on any atom is 0.307 e. The van der Waals surface area contributed by atoms with Crippen LogP contribution in [0.15, 0.2) is 24.4 Å². The van der Waals surface area contributed by atoms with Gasteiger partial charge in [0.15, 0.2) is 0 Å². The van der Waals surface area contributed by atoms with Crippen LogP contribution in [0, 0.1) is 5.92 Å². The van der Waals surface area contributed by atoms with E-state index in [1.807, 2.05) is 25.1 Å². The van der Waals surface area contributed by atoms with E-state index >= 15 is 0 Å². The van der Waals surface area contributed by atoms with Crippen LogP contribution in [0.2, 0.25) is 0 Å². The maximum atomic E-state index is 11.2. The highest BCUT2D eigenvalue weighted by Gasteiger charge is 2.22. The molecule has 0 bridgehead atoms. The first-order valence-electron chi connectivity index (χ1n) is 8.22. The van der Waals surface area contributed by atoms with Crippen LogP contribution in [0.25, 0.3) is 0 Å². The summed E-state index contributed by atoms with van der Waals surface area (Å²) in [5.74, 6) is 1.27. The van der Waals surface area contributed by atoms with Crippen molar-refractivity contribution in [1.82, 2.24) is 10.3 Å². The molecule has 1 aliphatic carbocycles. The van der Waals surface area contributed by atoms with E-state index in [2.05, 4.69) is 10.3 Å². The molecule has 1 aliphatic rings. The Bertz CT molecular complexity index is 431. The van der Waals surface area contributed by atoms with Gasteiger partial charge in [0, 0.05) is 18.8 Å². The lowest BCUT2D eigenvalue weighted by Gasteiger charge is -2.28. The molecule has 1 fully saturated rings. The first-order chi connectivity index (χ1) is 10.8. The number of aromatic nitrogens is 1. The van der Waals surface area contributed by atoms with Gasteiger partial charge in [0.1, 0.15) is 6.10 Å². The van der Waals surface area contributed by atoms with Crippen molar-refractivity contribution in [1.29, 1.82) is 0 Å². The highest BCUT2D eigenvalue weighted by Crippen LogP contribution is 2.26. The van der Waals surface area contributed by atoms with Crippen molar-refractivity contribution in [2.75, 3.05) is 19.7 Å². The number of ether oxygens (including phenoxy) is 2. The Hall–Kier alpha value is -1.62.